The number of ether oxygens (including phenoxy) is 2. The maximum atomic E-state index is 12.6. The number of nitrogens with two attached hydrogens (primary N) is 1. The van der Waals surface area contributed by atoms with E-state index in [9.17, 15) is 9.59 Å². The zero-order chi connectivity index (χ0) is 26.8. The molecule has 4 rings (SSSR count). The van der Waals surface area contributed by atoms with Crippen molar-refractivity contribution in [1.29, 1.82) is 0 Å². The van der Waals surface area contributed by atoms with E-state index in [4.69, 9.17) is 20.2 Å². The van der Waals surface area contributed by atoms with Crippen LogP contribution in [0.3, 0.4) is 0 Å². The first-order valence-corrected chi connectivity index (χ1v) is 12.3. The molecule has 7 nitrogen and oxygen atoms in total. The number of hydrogen-bond donors (Lipinski definition) is 1. The quantitative estimate of drug-likeness (QED) is 0.444. The maximum absolute atomic E-state index is 12.6. The van der Waals surface area contributed by atoms with Gasteiger partial charge in [0, 0.05) is 24.1 Å². The SMILES string of the molecule is CC(C)(C)OC(=O)N1CC=C(c2ccc(C(N)=O)c(-c3ccc(Oc4ccccc4)cc3)n2)C(C)(C)C1. The molecule has 0 saturated heterocycles. The van der Waals surface area contributed by atoms with Gasteiger partial charge in [-0.15, -0.1) is 0 Å². The number of nitrogens with zero attached hydrogens (tertiary/aromatic N) is 2. The van der Waals surface area contributed by atoms with Crippen LogP contribution in [0.1, 0.15) is 50.7 Å². The van der Waals surface area contributed by atoms with E-state index in [1.165, 1.54) is 0 Å². The lowest BCUT2D eigenvalue weighted by atomic mass is 9.79. The molecule has 0 bridgehead atoms. The van der Waals surface area contributed by atoms with Crippen molar-refractivity contribution in [3.05, 3.63) is 84.1 Å². The molecule has 37 heavy (non-hydrogen) atoms. The molecule has 7 heteroatoms. The smallest absolute Gasteiger partial charge is 0.410 e. The average Bonchev–Trinajstić information content (AvgIpc) is 2.83. The number of aromatic nitrogens is 1. The van der Waals surface area contributed by atoms with Crippen molar-refractivity contribution in [2.45, 2.75) is 40.2 Å². The molecule has 3 aromatic rings. The van der Waals surface area contributed by atoms with Crippen LogP contribution in [0.15, 0.2) is 72.8 Å². The van der Waals surface area contributed by atoms with Crippen molar-refractivity contribution in [3.63, 3.8) is 0 Å². The lowest BCUT2D eigenvalue weighted by Gasteiger charge is -2.39. The third-order valence-electron chi connectivity index (χ3n) is 6.03. The van der Waals surface area contributed by atoms with E-state index in [0.717, 1.165) is 22.6 Å². The van der Waals surface area contributed by atoms with Gasteiger partial charge in [0.2, 0.25) is 0 Å². The van der Waals surface area contributed by atoms with Crippen LogP contribution < -0.4 is 10.5 Å². The predicted octanol–water partition coefficient (Wildman–Crippen LogP) is 6.30. The first kappa shape index (κ1) is 25.9. The van der Waals surface area contributed by atoms with Crippen molar-refractivity contribution in [1.82, 2.24) is 9.88 Å². The Labute approximate surface area is 217 Å². The summed E-state index contributed by atoms with van der Waals surface area (Å²) in [6, 6.07) is 20.4. The van der Waals surface area contributed by atoms with Crippen molar-refractivity contribution < 1.29 is 19.1 Å². The molecule has 0 atom stereocenters. The molecule has 192 valence electrons. The largest absolute Gasteiger partial charge is 0.457 e. The summed E-state index contributed by atoms with van der Waals surface area (Å²) in [4.78, 5) is 31.5. The number of benzene rings is 2. The Morgan fingerprint density at radius 1 is 0.946 bits per heavy atom. The van der Waals surface area contributed by atoms with Crippen LogP contribution in [-0.4, -0.2) is 40.6 Å². The third kappa shape index (κ3) is 6.17. The number of hydrogen-bond acceptors (Lipinski definition) is 5. The minimum absolute atomic E-state index is 0.338. The molecule has 1 aliphatic rings. The van der Waals surface area contributed by atoms with Crippen LogP contribution in [0.2, 0.25) is 0 Å². The highest BCUT2D eigenvalue weighted by atomic mass is 16.6. The summed E-state index contributed by atoms with van der Waals surface area (Å²) in [5.74, 6) is 0.858. The zero-order valence-electron chi connectivity index (χ0n) is 21.9. The summed E-state index contributed by atoms with van der Waals surface area (Å²) in [6.07, 6.45) is 1.66. The lowest BCUT2D eigenvalue weighted by molar-refractivity contribution is 0.0219. The summed E-state index contributed by atoms with van der Waals surface area (Å²) in [6.45, 7) is 10.6. The van der Waals surface area contributed by atoms with E-state index >= 15 is 0 Å². The molecule has 0 radical (unpaired) electrons. The van der Waals surface area contributed by atoms with Crippen molar-refractivity contribution in [2.24, 2.45) is 11.1 Å². The van der Waals surface area contributed by atoms with Crippen molar-refractivity contribution in [2.75, 3.05) is 13.1 Å². The monoisotopic (exact) mass is 499 g/mol. The second kappa shape index (κ2) is 10.1. The molecule has 1 aliphatic heterocycles. The second-order valence-electron chi connectivity index (χ2n) is 10.8. The van der Waals surface area contributed by atoms with Crippen LogP contribution >= 0.6 is 0 Å². The maximum Gasteiger partial charge on any atom is 0.410 e. The number of pyridine rings is 1. The molecule has 0 fully saturated rings. The summed E-state index contributed by atoms with van der Waals surface area (Å²) >= 11 is 0. The lowest BCUT2D eigenvalue weighted by Crippen LogP contribution is -2.45. The minimum Gasteiger partial charge on any atom is -0.457 e. The third-order valence-corrected chi connectivity index (χ3v) is 6.03. The first-order valence-electron chi connectivity index (χ1n) is 12.3. The van der Waals surface area contributed by atoms with E-state index in [2.05, 4.69) is 13.8 Å². The molecule has 2 N–H and O–H groups in total. The van der Waals surface area contributed by atoms with Crippen molar-refractivity contribution in [3.8, 4) is 22.8 Å². The van der Waals surface area contributed by atoms with Gasteiger partial charge in [0.25, 0.3) is 5.91 Å². The van der Waals surface area contributed by atoms with E-state index < -0.39 is 11.5 Å². The highest BCUT2D eigenvalue weighted by Crippen LogP contribution is 2.39. The van der Waals surface area contributed by atoms with Gasteiger partial charge in [0.05, 0.1) is 17.0 Å². The zero-order valence-corrected chi connectivity index (χ0v) is 21.9. The normalized spacial score (nSPS) is 15.1. The summed E-state index contributed by atoms with van der Waals surface area (Å²) in [5, 5.41) is 0. The van der Waals surface area contributed by atoms with E-state index in [1.807, 2.05) is 87.5 Å². The Hall–Kier alpha value is -4.13. The summed E-state index contributed by atoms with van der Waals surface area (Å²) < 4.78 is 11.4. The summed E-state index contributed by atoms with van der Waals surface area (Å²) in [5.41, 5.74) is 8.06. The fraction of sp³-hybridized carbons (Fsp3) is 0.300. The van der Waals surface area contributed by atoms with Gasteiger partial charge < -0.3 is 20.1 Å². The van der Waals surface area contributed by atoms with E-state index in [-0.39, 0.29) is 11.5 Å². The van der Waals surface area contributed by atoms with E-state index in [1.54, 1.807) is 11.0 Å². The van der Waals surface area contributed by atoms with E-state index in [0.29, 0.717) is 30.1 Å². The summed E-state index contributed by atoms with van der Waals surface area (Å²) in [7, 11) is 0. The number of carbonyl (C=O) groups excluding carboxylic acids is 2. The first-order chi connectivity index (χ1) is 17.4. The number of carbonyl (C=O) groups is 2. The van der Waals surface area contributed by atoms with Crippen molar-refractivity contribution >= 4 is 17.6 Å². The molecule has 0 aliphatic carbocycles. The number of amides is 2. The van der Waals surface area contributed by atoms with Gasteiger partial charge in [-0.2, -0.15) is 0 Å². The van der Waals surface area contributed by atoms with Gasteiger partial charge in [-0.3, -0.25) is 4.79 Å². The molecule has 2 aromatic carbocycles. The van der Waals surface area contributed by atoms with Crippen LogP contribution in [0.25, 0.3) is 16.8 Å². The fourth-order valence-electron chi connectivity index (χ4n) is 4.35. The molecule has 1 aromatic heterocycles. The molecular formula is C30H33N3O4. The molecule has 0 saturated carbocycles. The fourth-order valence-corrected chi connectivity index (χ4v) is 4.35. The Kier molecular flexibility index (Phi) is 7.07. The number of rotatable bonds is 5. The highest BCUT2D eigenvalue weighted by molar-refractivity contribution is 5.99. The molecule has 2 amide bonds. The number of para-hydroxylation sites is 1. The van der Waals surface area contributed by atoms with Gasteiger partial charge in [0.15, 0.2) is 0 Å². The molecule has 0 unspecified atom stereocenters. The Balaban J connectivity index is 1.63. The molecular weight excluding hydrogens is 466 g/mol. The Morgan fingerprint density at radius 2 is 1.59 bits per heavy atom. The van der Waals surface area contributed by atoms with Crippen LogP contribution in [0, 0.1) is 5.41 Å². The highest BCUT2D eigenvalue weighted by Gasteiger charge is 2.35. The van der Waals surface area contributed by atoms with Crippen LogP contribution in [0.5, 0.6) is 11.5 Å². The number of primary amides is 1. The van der Waals surface area contributed by atoms with Gasteiger partial charge in [-0.25, -0.2) is 9.78 Å². The Morgan fingerprint density at radius 3 is 2.19 bits per heavy atom. The van der Waals surface area contributed by atoms with Crippen LogP contribution in [0.4, 0.5) is 4.79 Å². The standard InChI is InChI=1S/C30H33N3O4/c1-29(2,3)37-28(35)33-18-17-24(30(4,5)19-33)25-16-15-23(27(31)34)26(32-25)20-11-13-22(14-12-20)36-21-9-7-6-8-10-21/h6-17H,18-19H2,1-5H3,(H2,31,34). The van der Waals surface area contributed by atoms with Gasteiger partial charge in [-0.05, 0) is 74.9 Å². The Bertz CT molecular complexity index is 1320. The minimum atomic E-state index is -0.562. The predicted molar refractivity (Wildman–Crippen MR) is 144 cm³/mol. The molecule has 0 spiro atoms. The average molecular weight is 500 g/mol. The molecule has 2 heterocycles. The van der Waals surface area contributed by atoms with Gasteiger partial charge in [0.1, 0.15) is 17.1 Å². The topological polar surface area (TPSA) is 94.8 Å². The second-order valence-corrected chi connectivity index (χ2v) is 10.8. The van der Waals surface area contributed by atoms with Gasteiger partial charge >= 0.3 is 6.09 Å². The van der Waals surface area contributed by atoms with Crippen LogP contribution in [-0.2, 0) is 4.74 Å². The van der Waals surface area contributed by atoms with Gasteiger partial charge in [-0.1, -0.05) is 38.1 Å².